The number of nitrogens with zero attached hydrogens (tertiary/aromatic N) is 2. The summed E-state index contributed by atoms with van der Waals surface area (Å²) >= 11 is 0. The number of anilines is 1. The van der Waals surface area contributed by atoms with Crippen molar-refractivity contribution in [2.24, 2.45) is 0 Å². The minimum Gasteiger partial charge on any atom is -0.497 e. The highest BCUT2D eigenvalue weighted by Gasteiger charge is 2.29. The molecule has 2 amide bonds. The molecule has 0 aliphatic heterocycles. The Morgan fingerprint density at radius 2 is 1.73 bits per heavy atom. The Morgan fingerprint density at radius 1 is 1.05 bits per heavy atom. The van der Waals surface area contributed by atoms with Crippen LogP contribution >= 0.6 is 0 Å². The fraction of sp³-hybridized carbons (Fsp3) is 0.533. The maximum atomic E-state index is 13.6. The molecule has 1 atom stereocenters. The SMILES string of the molecule is CCOc1ccccc1N(CCCC(=O)N(Cc1ccc(OC)cc1)C(C)C(=O)NC1CCCCC1)S(C)(=O)=O. The molecular formula is C30H43N3O6S. The average Bonchev–Trinajstić information content (AvgIpc) is 2.94. The molecule has 220 valence electrons. The smallest absolute Gasteiger partial charge is 0.242 e. The third kappa shape index (κ3) is 8.87. The molecule has 2 aromatic rings. The van der Waals surface area contributed by atoms with E-state index < -0.39 is 16.1 Å². The Hall–Kier alpha value is -3.27. The summed E-state index contributed by atoms with van der Waals surface area (Å²) in [6, 6.07) is 13.8. The molecule has 0 aromatic heterocycles. The molecule has 1 aliphatic carbocycles. The molecular weight excluding hydrogens is 530 g/mol. The van der Waals surface area contributed by atoms with E-state index in [0.29, 0.717) is 23.8 Å². The Labute approximate surface area is 238 Å². The Bertz CT molecular complexity index is 1210. The second kappa shape index (κ2) is 14.9. The van der Waals surface area contributed by atoms with Gasteiger partial charge in [0, 0.05) is 25.6 Å². The van der Waals surface area contributed by atoms with Crippen molar-refractivity contribution < 1.29 is 27.5 Å². The molecule has 1 saturated carbocycles. The summed E-state index contributed by atoms with van der Waals surface area (Å²) in [7, 11) is -2.03. The summed E-state index contributed by atoms with van der Waals surface area (Å²) < 4.78 is 37.6. The molecule has 1 unspecified atom stereocenters. The summed E-state index contributed by atoms with van der Waals surface area (Å²) in [4.78, 5) is 28.4. The number of sulfonamides is 1. The molecule has 1 fully saturated rings. The van der Waals surface area contributed by atoms with Gasteiger partial charge < -0.3 is 19.7 Å². The summed E-state index contributed by atoms with van der Waals surface area (Å²) in [5, 5.41) is 3.14. The van der Waals surface area contributed by atoms with Crippen LogP contribution in [0, 0.1) is 0 Å². The largest absolute Gasteiger partial charge is 0.497 e. The van der Waals surface area contributed by atoms with E-state index in [-0.39, 0.29) is 43.8 Å². The van der Waals surface area contributed by atoms with Crippen LogP contribution in [-0.2, 0) is 26.2 Å². The summed E-state index contributed by atoms with van der Waals surface area (Å²) in [5.41, 5.74) is 1.31. The van der Waals surface area contributed by atoms with E-state index in [9.17, 15) is 18.0 Å². The number of hydrogen-bond acceptors (Lipinski definition) is 6. The van der Waals surface area contributed by atoms with E-state index in [1.807, 2.05) is 31.2 Å². The van der Waals surface area contributed by atoms with E-state index in [1.165, 1.54) is 10.7 Å². The van der Waals surface area contributed by atoms with Crippen molar-refractivity contribution in [2.75, 3.05) is 30.8 Å². The first-order chi connectivity index (χ1) is 19.1. The molecule has 0 heterocycles. The zero-order chi connectivity index (χ0) is 29.1. The van der Waals surface area contributed by atoms with Crippen LogP contribution in [0.3, 0.4) is 0 Å². The monoisotopic (exact) mass is 573 g/mol. The van der Waals surface area contributed by atoms with Crippen LogP contribution in [0.5, 0.6) is 11.5 Å². The number of para-hydroxylation sites is 2. The maximum absolute atomic E-state index is 13.6. The van der Waals surface area contributed by atoms with Crippen LogP contribution in [0.4, 0.5) is 5.69 Å². The number of methoxy groups -OCH3 is 1. The Kier molecular flexibility index (Phi) is 11.7. The number of amides is 2. The van der Waals surface area contributed by atoms with Gasteiger partial charge in [0.2, 0.25) is 21.8 Å². The zero-order valence-electron chi connectivity index (χ0n) is 24.1. The van der Waals surface area contributed by atoms with Crippen LogP contribution < -0.4 is 19.1 Å². The minimum atomic E-state index is -3.63. The van der Waals surface area contributed by atoms with E-state index in [2.05, 4.69) is 5.32 Å². The quantitative estimate of drug-likeness (QED) is 0.357. The molecule has 1 N–H and O–H groups in total. The van der Waals surface area contributed by atoms with Gasteiger partial charge in [0.15, 0.2) is 0 Å². The predicted molar refractivity (Wildman–Crippen MR) is 157 cm³/mol. The topological polar surface area (TPSA) is 105 Å². The van der Waals surface area contributed by atoms with Gasteiger partial charge >= 0.3 is 0 Å². The lowest BCUT2D eigenvalue weighted by atomic mass is 9.95. The van der Waals surface area contributed by atoms with Crippen LogP contribution in [-0.4, -0.2) is 63.7 Å². The molecule has 10 heteroatoms. The third-order valence-corrected chi connectivity index (χ3v) is 8.40. The number of carbonyl (C=O) groups excluding carboxylic acids is 2. The average molecular weight is 574 g/mol. The summed E-state index contributed by atoms with van der Waals surface area (Å²) in [6.07, 6.45) is 6.79. The Morgan fingerprint density at radius 3 is 2.35 bits per heavy atom. The highest BCUT2D eigenvalue weighted by Crippen LogP contribution is 2.30. The van der Waals surface area contributed by atoms with Gasteiger partial charge in [-0.2, -0.15) is 0 Å². The summed E-state index contributed by atoms with van der Waals surface area (Å²) in [5.74, 6) is 0.791. The molecule has 9 nitrogen and oxygen atoms in total. The first-order valence-electron chi connectivity index (χ1n) is 14.1. The fourth-order valence-corrected chi connectivity index (χ4v) is 5.97. The zero-order valence-corrected chi connectivity index (χ0v) is 24.9. The highest BCUT2D eigenvalue weighted by atomic mass is 32.2. The van der Waals surface area contributed by atoms with Crippen molar-refractivity contribution in [3.05, 3.63) is 54.1 Å². The van der Waals surface area contributed by atoms with Crippen LogP contribution in [0.25, 0.3) is 0 Å². The summed E-state index contributed by atoms with van der Waals surface area (Å²) in [6.45, 7) is 4.34. The third-order valence-electron chi connectivity index (χ3n) is 7.22. The lowest BCUT2D eigenvalue weighted by Crippen LogP contribution is -2.50. The van der Waals surface area contributed by atoms with Gasteiger partial charge in [-0.05, 0) is 62.9 Å². The number of benzene rings is 2. The molecule has 1 aliphatic rings. The second-order valence-electron chi connectivity index (χ2n) is 10.2. The van der Waals surface area contributed by atoms with Crippen LogP contribution in [0.15, 0.2) is 48.5 Å². The van der Waals surface area contributed by atoms with Gasteiger partial charge in [0.05, 0.1) is 25.7 Å². The molecule has 0 radical (unpaired) electrons. The van der Waals surface area contributed by atoms with E-state index in [0.717, 1.165) is 37.5 Å². The van der Waals surface area contributed by atoms with Crippen LogP contribution in [0.1, 0.15) is 64.4 Å². The fourth-order valence-electron chi connectivity index (χ4n) is 5.00. The number of carbonyl (C=O) groups is 2. The second-order valence-corrected chi connectivity index (χ2v) is 12.1. The van der Waals surface area contributed by atoms with Crippen molar-refractivity contribution in [1.82, 2.24) is 10.2 Å². The van der Waals surface area contributed by atoms with Crippen molar-refractivity contribution in [2.45, 2.75) is 77.4 Å². The van der Waals surface area contributed by atoms with Crippen molar-refractivity contribution >= 4 is 27.5 Å². The van der Waals surface area contributed by atoms with Crippen LogP contribution in [0.2, 0.25) is 0 Å². The first kappa shape index (κ1) is 31.3. The number of rotatable bonds is 14. The van der Waals surface area contributed by atoms with Crippen molar-refractivity contribution in [3.63, 3.8) is 0 Å². The predicted octanol–water partition coefficient (Wildman–Crippen LogP) is 4.51. The van der Waals surface area contributed by atoms with Gasteiger partial charge in [-0.25, -0.2) is 8.42 Å². The first-order valence-corrected chi connectivity index (χ1v) is 15.9. The van der Waals surface area contributed by atoms with E-state index in [1.54, 1.807) is 43.2 Å². The number of hydrogen-bond donors (Lipinski definition) is 1. The van der Waals surface area contributed by atoms with Crippen molar-refractivity contribution in [1.29, 1.82) is 0 Å². The van der Waals surface area contributed by atoms with Gasteiger partial charge in [0.25, 0.3) is 0 Å². The van der Waals surface area contributed by atoms with Gasteiger partial charge in [-0.1, -0.05) is 43.5 Å². The lowest BCUT2D eigenvalue weighted by molar-refractivity contribution is -0.141. The van der Waals surface area contributed by atoms with E-state index in [4.69, 9.17) is 9.47 Å². The minimum absolute atomic E-state index is 0.0834. The van der Waals surface area contributed by atoms with Gasteiger partial charge in [0.1, 0.15) is 17.5 Å². The molecule has 2 aromatic carbocycles. The molecule has 0 bridgehead atoms. The normalized spacial score (nSPS) is 14.7. The van der Waals surface area contributed by atoms with Crippen molar-refractivity contribution in [3.8, 4) is 11.5 Å². The highest BCUT2D eigenvalue weighted by molar-refractivity contribution is 7.92. The standard InChI is InChI=1S/C30H43N3O6S/c1-5-39-28-15-10-9-14-27(28)33(40(4,36)37)21-11-16-29(34)32(22-24-17-19-26(38-3)20-18-24)23(2)30(35)31-25-12-7-6-8-13-25/h9-10,14-15,17-20,23,25H,5-8,11-13,16,21-22H2,1-4H3,(H,31,35). The number of ether oxygens (including phenoxy) is 2. The number of nitrogens with one attached hydrogen (secondary N) is 1. The lowest BCUT2D eigenvalue weighted by Gasteiger charge is -2.31. The maximum Gasteiger partial charge on any atom is 0.242 e. The molecule has 0 saturated heterocycles. The Balaban J connectivity index is 1.74. The van der Waals surface area contributed by atoms with E-state index >= 15 is 0 Å². The molecule has 40 heavy (non-hydrogen) atoms. The molecule has 0 spiro atoms. The van der Waals surface area contributed by atoms with Gasteiger partial charge in [-0.15, -0.1) is 0 Å². The van der Waals surface area contributed by atoms with Gasteiger partial charge in [-0.3, -0.25) is 13.9 Å². The molecule has 3 rings (SSSR count).